The number of aryl methyl sites for hydroxylation is 2. The first-order valence-electron chi connectivity index (χ1n) is 6.87. The van der Waals surface area contributed by atoms with Crippen molar-refractivity contribution in [2.75, 3.05) is 0 Å². The summed E-state index contributed by atoms with van der Waals surface area (Å²) in [7, 11) is 0. The molecular formula is C15H16BrClN4. The van der Waals surface area contributed by atoms with Gasteiger partial charge in [0.1, 0.15) is 11.3 Å². The molecule has 0 unspecified atom stereocenters. The lowest BCUT2D eigenvalue weighted by Gasteiger charge is -2.10. The number of halogens is 2. The van der Waals surface area contributed by atoms with Crippen LogP contribution in [0.4, 0.5) is 0 Å². The van der Waals surface area contributed by atoms with E-state index < -0.39 is 0 Å². The maximum Gasteiger partial charge on any atom is 0.159 e. The molecule has 0 bridgehead atoms. The standard InChI is InChI=1S/C15H16BrClN4/c1-3-21-15-14(10(2)19-21)18-13(8-17)20(15)9-11-6-4-5-7-12(11)16/h4-7H,3,8-9H2,1-2H3. The quantitative estimate of drug-likeness (QED) is 0.651. The van der Waals surface area contributed by atoms with Crippen LogP contribution in [0.2, 0.25) is 0 Å². The fourth-order valence-corrected chi connectivity index (χ4v) is 3.17. The normalized spacial score (nSPS) is 11.4. The van der Waals surface area contributed by atoms with E-state index in [0.717, 1.165) is 40.2 Å². The first kappa shape index (κ1) is 14.6. The van der Waals surface area contributed by atoms with Crippen molar-refractivity contribution in [1.29, 1.82) is 0 Å². The van der Waals surface area contributed by atoms with E-state index in [1.807, 2.05) is 29.8 Å². The van der Waals surface area contributed by atoms with Crippen molar-refractivity contribution in [3.05, 3.63) is 45.8 Å². The van der Waals surface area contributed by atoms with Crippen molar-refractivity contribution in [2.24, 2.45) is 0 Å². The molecule has 0 aliphatic heterocycles. The molecule has 21 heavy (non-hydrogen) atoms. The predicted octanol–water partition coefficient (Wildman–Crippen LogP) is 4.11. The molecule has 0 aliphatic carbocycles. The number of nitrogens with zero attached hydrogens (tertiary/aromatic N) is 4. The fraction of sp³-hybridized carbons (Fsp3) is 0.333. The zero-order valence-corrected chi connectivity index (χ0v) is 14.3. The molecule has 3 aromatic rings. The molecule has 0 saturated carbocycles. The molecule has 3 rings (SSSR count). The summed E-state index contributed by atoms with van der Waals surface area (Å²) in [6.45, 7) is 5.61. The second kappa shape index (κ2) is 5.81. The third kappa shape index (κ3) is 2.49. The van der Waals surface area contributed by atoms with Crippen LogP contribution in [0.5, 0.6) is 0 Å². The van der Waals surface area contributed by atoms with Crippen LogP contribution in [0.25, 0.3) is 11.2 Å². The number of alkyl halides is 1. The summed E-state index contributed by atoms with van der Waals surface area (Å²) in [6, 6.07) is 8.20. The Hall–Kier alpha value is -1.33. The molecule has 0 atom stereocenters. The van der Waals surface area contributed by atoms with E-state index in [-0.39, 0.29) is 0 Å². The third-order valence-corrected chi connectivity index (χ3v) is 4.60. The lowest BCUT2D eigenvalue weighted by atomic mass is 10.2. The zero-order valence-electron chi connectivity index (χ0n) is 12.0. The van der Waals surface area contributed by atoms with Gasteiger partial charge in [0.05, 0.1) is 18.1 Å². The molecule has 0 fully saturated rings. The smallest absolute Gasteiger partial charge is 0.159 e. The van der Waals surface area contributed by atoms with Crippen molar-refractivity contribution >= 4 is 38.7 Å². The number of hydrogen-bond acceptors (Lipinski definition) is 2. The lowest BCUT2D eigenvalue weighted by molar-refractivity contribution is 0.638. The summed E-state index contributed by atoms with van der Waals surface area (Å²) in [5.41, 5.74) is 4.13. The summed E-state index contributed by atoms with van der Waals surface area (Å²) in [5, 5.41) is 4.55. The van der Waals surface area contributed by atoms with Crippen molar-refractivity contribution in [3.63, 3.8) is 0 Å². The Morgan fingerprint density at radius 3 is 2.71 bits per heavy atom. The van der Waals surface area contributed by atoms with E-state index in [0.29, 0.717) is 5.88 Å². The highest BCUT2D eigenvalue weighted by molar-refractivity contribution is 9.10. The Labute approximate surface area is 136 Å². The Morgan fingerprint density at radius 1 is 1.29 bits per heavy atom. The number of rotatable bonds is 4. The van der Waals surface area contributed by atoms with Crippen LogP contribution in [0, 0.1) is 6.92 Å². The maximum absolute atomic E-state index is 6.09. The highest BCUT2D eigenvalue weighted by atomic mass is 79.9. The van der Waals surface area contributed by atoms with Gasteiger partial charge in [0.25, 0.3) is 0 Å². The second-order valence-corrected chi connectivity index (χ2v) is 6.03. The van der Waals surface area contributed by atoms with Gasteiger partial charge in [-0.15, -0.1) is 11.6 Å². The van der Waals surface area contributed by atoms with E-state index in [9.17, 15) is 0 Å². The minimum atomic E-state index is 0.391. The molecule has 4 nitrogen and oxygen atoms in total. The largest absolute Gasteiger partial charge is 0.307 e. The molecule has 0 saturated heterocycles. The molecule has 1 aromatic carbocycles. The number of hydrogen-bond donors (Lipinski definition) is 0. The minimum Gasteiger partial charge on any atom is -0.307 e. The Morgan fingerprint density at radius 2 is 2.05 bits per heavy atom. The Kier molecular flexibility index (Phi) is 4.04. The van der Waals surface area contributed by atoms with Gasteiger partial charge in [-0.1, -0.05) is 34.1 Å². The van der Waals surface area contributed by atoms with Crippen LogP contribution in [0.3, 0.4) is 0 Å². The molecular weight excluding hydrogens is 352 g/mol. The molecule has 0 aliphatic rings. The van der Waals surface area contributed by atoms with Gasteiger partial charge in [-0.25, -0.2) is 9.67 Å². The van der Waals surface area contributed by atoms with Gasteiger partial charge in [0, 0.05) is 11.0 Å². The molecule has 6 heteroatoms. The van der Waals surface area contributed by atoms with Gasteiger partial charge in [-0.3, -0.25) is 0 Å². The minimum absolute atomic E-state index is 0.391. The molecule has 0 spiro atoms. The van der Waals surface area contributed by atoms with Crippen molar-refractivity contribution in [1.82, 2.24) is 19.3 Å². The SMILES string of the molecule is CCn1nc(C)c2nc(CCl)n(Cc3ccccc3Br)c21. The van der Waals surface area contributed by atoms with Crippen molar-refractivity contribution < 1.29 is 0 Å². The van der Waals surface area contributed by atoms with E-state index >= 15 is 0 Å². The number of imidazole rings is 1. The maximum atomic E-state index is 6.09. The van der Waals surface area contributed by atoms with E-state index in [1.54, 1.807) is 0 Å². The van der Waals surface area contributed by atoms with Crippen LogP contribution in [-0.2, 0) is 19.0 Å². The van der Waals surface area contributed by atoms with E-state index in [2.05, 4.69) is 43.6 Å². The third-order valence-electron chi connectivity index (χ3n) is 3.58. The van der Waals surface area contributed by atoms with E-state index in [1.165, 1.54) is 5.56 Å². The Bertz CT molecular complexity index is 790. The Balaban J connectivity index is 2.18. The summed E-state index contributed by atoms with van der Waals surface area (Å²) < 4.78 is 5.24. The second-order valence-electron chi connectivity index (χ2n) is 4.91. The number of fused-ring (bicyclic) bond motifs is 1. The highest BCUT2D eigenvalue weighted by Gasteiger charge is 2.18. The molecule has 0 N–H and O–H groups in total. The van der Waals surface area contributed by atoms with Crippen LogP contribution < -0.4 is 0 Å². The summed E-state index contributed by atoms with van der Waals surface area (Å²) >= 11 is 9.69. The average Bonchev–Trinajstić information content (AvgIpc) is 3.00. The van der Waals surface area contributed by atoms with Crippen LogP contribution in [-0.4, -0.2) is 19.3 Å². The lowest BCUT2D eigenvalue weighted by Crippen LogP contribution is -2.09. The van der Waals surface area contributed by atoms with Crippen LogP contribution in [0.1, 0.15) is 24.0 Å². The van der Waals surface area contributed by atoms with Crippen molar-refractivity contribution in [2.45, 2.75) is 32.8 Å². The van der Waals surface area contributed by atoms with Crippen LogP contribution >= 0.6 is 27.5 Å². The number of benzene rings is 1. The summed E-state index contributed by atoms with van der Waals surface area (Å²) in [6.07, 6.45) is 0. The molecule has 0 radical (unpaired) electrons. The van der Waals surface area contributed by atoms with Gasteiger partial charge in [0.2, 0.25) is 0 Å². The average molecular weight is 368 g/mol. The highest BCUT2D eigenvalue weighted by Crippen LogP contribution is 2.24. The first-order chi connectivity index (χ1) is 10.2. The fourth-order valence-electron chi connectivity index (χ4n) is 2.56. The zero-order chi connectivity index (χ0) is 15.0. The van der Waals surface area contributed by atoms with Gasteiger partial charge in [-0.2, -0.15) is 5.10 Å². The molecule has 2 aromatic heterocycles. The summed E-state index contributed by atoms with van der Waals surface area (Å²) in [4.78, 5) is 4.66. The summed E-state index contributed by atoms with van der Waals surface area (Å²) in [5.74, 6) is 1.27. The topological polar surface area (TPSA) is 35.6 Å². The first-order valence-corrected chi connectivity index (χ1v) is 8.20. The predicted molar refractivity (Wildman–Crippen MR) is 88.7 cm³/mol. The molecule has 0 amide bonds. The molecule has 110 valence electrons. The number of aromatic nitrogens is 4. The van der Waals surface area contributed by atoms with Gasteiger partial charge in [-0.05, 0) is 25.5 Å². The molecule has 2 heterocycles. The van der Waals surface area contributed by atoms with Crippen LogP contribution in [0.15, 0.2) is 28.7 Å². The van der Waals surface area contributed by atoms with E-state index in [4.69, 9.17) is 11.6 Å². The van der Waals surface area contributed by atoms with Gasteiger partial charge in [0.15, 0.2) is 5.65 Å². The van der Waals surface area contributed by atoms with Gasteiger partial charge >= 0.3 is 0 Å². The van der Waals surface area contributed by atoms with Gasteiger partial charge < -0.3 is 4.57 Å². The monoisotopic (exact) mass is 366 g/mol. The van der Waals surface area contributed by atoms with Crippen molar-refractivity contribution in [3.8, 4) is 0 Å².